The molecule has 0 bridgehead atoms. The van der Waals surface area contributed by atoms with Gasteiger partial charge in [-0.15, -0.1) is 0 Å². The van der Waals surface area contributed by atoms with E-state index in [-0.39, 0.29) is 5.56 Å². The molecule has 0 saturated heterocycles. The predicted molar refractivity (Wildman–Crippen MR) is 126 cm³/mol. The van der Waals surface area contributed by atoms with E-state index in [1.165, 1.54) is 18.4 Å². The maximum Gasteiger partial charge on any atom is 0.253 e. The molecule has 158 valence electrons. The summed E-state index contributed by atoms with van der Waals surface area (Å²) in [5.74, 6) is 0. The topological polar surface area (TPSA) is 51.4 Å². The van der Waals surface area contributed by atoms with E-state index in [1.54, 1.807) is 0 Å². The molecule has 0 amide bonds. The number of nitrogens with one attached hydrogen (secondary N) is 2. The van der Waals surface area contributed by atoms with Crippen LogP contribution in [0.2, 0.25) is 0 Å². The van der Waals surface area contributed by atoms with Gasteiger partial charge in [-0.05, 0) is 83.2 Å². The third-order valence-electron chi connectivity index (χ3n) is 5.95. The summed E-state index contributed by atoms with van der Waals surface area (Å²) in [7, 11) is 4.16. The molecule has 2 aromatic rings. The molecular formula is C23H34N4OS. The number of thiocarbonyl (C=S) groups is 1. The Bertz CT molecular complexity index is 915. The van der Waals surface area contributed by atoms with Gasteiger partial charge in [0.2, 0.25) is 0 Å². The number of aryl methyl sites for hydroxylation is 2. The van der Waals surface area contributed by atoms with Gasteiger partial charge in [-0.2, -0.15) is 0 Å². The molecule has 1 aromatic heterocycles. The summed E-state index contributed by atoms with van der Waals surface area (Å²) in [6, 6.07) is 6.65. The number of hydrogen-bond donors (Lipinski definition) is 2. The van der Waals surface area contributed by atoms with Crippen molar-refractivity contribution >= 4 is 28.2 Å². The monoisotopic (exact) mass is 414 g/mol. The molecule has 1 heterocycles. The van der Waals surface area contributed by atoms with Gasteiger partial charge in [0.1, 0.15) is 0 Å². The fraction of sp³-hybridized carbons (Fsp3) is 0.565. The summed E-state index contributed by atoms with van der Waals surface area (Å²) in [6.07, 6.45) is 5.79. The zero-order valence-corrected chi connectivity index (χ0v) is 19.0. The van der Waals surface area contributed by atoms with E-state index in [2.05, 4.69) is 59.3 Å². The van der Waals surface area contributed by atoms with Crippen molar-refractivity contribution in [2.45, 2.75) is 58.5 Å². The van der Waals surface area contributed by atoms with Gasteiger partial charge in [-0.3, -0.25) is 4.79 Å². The predicted octanol–water partition coefficient (Wildman–Crippen LogP) is 3.72. The first kappa shape index (κ1) is 21.8. The summed E-state index contributed by atoms with van der Waals surface area (Å²) in [5.41, 5.74) is 4.00. The van der Waals surface area contributed by atoms with Crippen LogP contribution < -0.4 is 10.9 Å². The molecule has 5 nitrogen and oxygen atoms in total. The second-order valence-corrected chi connectivity index (χ2v) is 8.95. The van der Waals surface area contributed by atoms with Gasteiger partial charge in [-0.1, -0.05) is 25.0 Å². The third kappa shape index (κ3) is 5.37. The molecule has 1 fully saturated rings. The Morgan fingerprint density at radius 3 is 2.59 bits per heavy atom. The van der Waals surface area contributed by atoms with E-state index in [1.807, 2.05) is 6.92 Å². The van der Waals surface area contributed by atoms with Gasteiger partial charge in [0.25, 0.3) is 5.56 Å². The fourth-order valence-electron chi connectivity index (χ4n) is 4.19. The highest BCUT2D eigenvalue weighted by Crippen LogP contribution is 2.26. The van der Waals surface area contributed by atoms with Crippen LogP contribution in [0.3, 0.4) is 0 Å². The second kappa shape index (κ2) is 9.72. The van der Waals surface area contributed by atoms with E-state index in [4.69, 9.17) is 12.2 Å². The molecule has 29 heavy (non-hydrogen) atoms. The normalized spacial score (nSPS) is 14.7. The molecule has 0 aliphatic heterocycles. The van der Waals surface area contributed by atoms with Crippen LogP contribution in [0.1, 0.15) is 48.8 Å². The summed E-state index contributed by atoms with van der Waals surface area (Å²) in [5, 5.41) is 5.33. The molecule has 6 heteroatoms. The van der Waals surface area contributed by atoms with Crippen LogP contribution in [0, 0.1) is 13.8 Å². The first-order chi connectivity index (χ1) is 13.9. The van der Waals surface area contributed by atoms with Crippen molar-refractivity contribution in [3.63, 3.8) is 0 Å². The van der Waals surface area contributed by atoms with Crippen LogP contribution in [0.4, 0.5) is 0 Å². The van der Waals surface area contributed by atoms with Crippen LogP contribution in [0.25, 0.3) is 10.9 Å². The molecule has 1 aromatic carbocycles. The molecular weight excluding hydrogens is 380 g/mol. The van der Waals surface area contributed by atoms with Crippen molar-refractivity contribution in [1.29, 1.82) is 0 Å². The second-order valence-electron chi connectivity index (χ2n) is 8.57. The lowest BCUT2D eigenvalue weighted by atomic mass is 10.0. The van der Waals surface area contributed by atoms with E-state index in [9.17, 15) is 4.79 Å². The number of pyridine rings is 1. The molecule has 0 radical (unpaired) electrons. The van der Waals surface area contributed by atoms with Crippen LogP contribution in [0.5, 0.6) is 0 Å². The first-order valence-corrected chi connectivity index (χ1v) is 11.1. The largest absolute Gasteiger partial charge is 0.363 e. The Kier molecular flexibility index (Phi) is 7.30. The van der Waals surface area contributed by atoms with Gasteiger partial charge in [-0.25, -0.2) is 0 Å². The van der Waals surface area contributed by atoms with Gasteiger partial charge in [0.15, 0.2) is 5.11 Å². The highest BCUT2D eigenvalue weighted by molar-refractivity contribution is 7.80. The molecule has 1 saturated carbocycles. The SMILES string of the molecule is Cc1ccc(C)c2[nH]c(=O)c(CN(C(=S)NCCCN(C)C)C3CCCC3)cc12. The number of hydrogen-bond acceptors (Lipinski definition) is 3. The smallest absolute Gasteiger partial charge is 0.253 e. The summed E-state index contributed by atoms with van der Waals surface area (Å²) < 4.78 is 0. The number of nitrogens with zero attached hydrogens (tertiary/aromatic N) is 2. The maximum atomic E-state index is 12.9. The number of fused-ring (bicyclic) bond motifs is 1. The summed E-state index contributed by atoms with van der Waals surface area (Å²) in [6.45, 7) is 6.57. The molecule has 0 unspecified atom stereocenters. The lowest BCUT2D eigenvalue weighted by molar-refractivity contribution is 0.301. The summed E-state index contributed by atoms with van der Waals surface area (Å²) in [4.78, 5) is 20.4. The number of aromatic nitrogens is 1. The van der Waals surface area contributed by atoms with Crippen molar-refractivity contribution < 1.29 is 0 Å². The zero-order chi connectivity index (χ0) is 21.0. The Labute approximate surface area is 179 Å². The van der Waals surface area contributed by atoms with Gasteiger partial charge < -0.3 is 20.1 Å². The Hall–Kier alpha value is -1.92. The highest BCUT2D eigenvalue weighted by Gasteiger charge is 2.25. The standard InChI is InChI=1S/C23H34N4OS/c1-16-10-11-17(2)21-20(16)14-18(22(28)25-21)15-27(19-8-5-6-9-19)23(29)24-12-7-13-26(3)4/h10-11,14,19H,5-9,12-13,15H2,1-4H3,(H,24,29)(H,25,28). The average Bonchev–Trinajstić information content (AvgIpc) is 3.21. The third-order valence-corrected chi connectivity index (χ3v) is 6.32. The van der Waals surface area contributed by atoms with Gasteiger partial charge in [0.05, 0.1) is 12.1 Å². The average molecular weight is 415 g/mol. The van der Waals surface area contributed by atoms with Crippen LogP contribution in [0.15, 0.2) is 23.0 Å². The number of aromatic amines is 1. The Morgan fingerprint density at radius 2 is 1.90 bits per heavy atom. The zero-order valence-electron chi connectivity index (χ0n) is 18.2. The first-order valence-electron chi connectivity index (χ1n) is 10.7. The van der Waals surface area contributed by atoms with Crippen LogP contribution >= 0.6 is 12.2 Å². The van der Waals surface area contributed by atoms with E-state index < -0.39 is 0 Å². The molecule has 1 aliphatic carbocycles. The van der Waals surface area contributed by atoms with Crippen molar-refractivity contribution in [3.8, 4) is 0 Å². The van der Waals surface area contributed by atoms with Crippen molar-refractivity contribution in [3.05, 3.63) is 45.2 Å². The van der Waals surface area contributed by atoms with Crippen molar-refractivity contribution in [1.82, 2.24) is 20.1 Å². The lowest BCUT2D eigenvalue weighted by Crippen LogP contribution is -2.45. The number of benzene rings is 1. The Morgan fingerprint density at radius 1 is 1.21 bits per heavy atom. The fourth-order valence-corrected chi connectivity index (χ4v) is 4.51. The van der Waals surface area contributed by atoms with Gasteiger partial charge in [0, 0.05) is 23.5 Å². The van der Waals surface area contributed by atoms with E-state index in [0.717, 1.165) is 59.5 Å². The van der Waals surface area contributed by atoms with E-state index >= 15 is 0 Å². The van der Waals surface area contributed by atoms with Gasteiger partial charge >= 0.3 is 0 Å². The van der Waals surface area contributed by atoms with Crippen LogP contribution in [-0.2, 0) is 6.54 Å². The number of rotatable bonds is 7. The minimum absolute atomic E-state index is 0.00963. The minimum Gasteiger partial charge on any atom is -0.363 e. The van der Waals surface area contributed by atoms with Crippen LogP contribution in [-0.4, -0.2) is 53.1 Å². The lowest BCUT2D eigenvalue weighted by Gasteiger charge is -2.32. The van der Waals surface area contributed by atoms with E-state index in [0.29, 0.717) is 12.6 Å². The molecule has 3 rings (SSSR count). The minimum atomic E-state index is -0.00963. The van der Waals surface area contributed by atoms with Crippen molar-refractivity contribution in [2.75, 3.05) is 27.2 Å². The molecule has 2 N–H and O–H groups in total. The summed E-state index contributed by atoms with van der Waals surface area (Å²) >= 11 is 5.76. The number of H-pyrrole nitrogens is 1. The maximum absolute atomic E-state index is 12.9. The quantitative estimate of drug-likeness (QED) is 0.534. The molecule has 0 atom stereocenters. The highest BCUT2D eigenvalue weighted by atomic mass is 32.1. The molecule has 1 aliphatic rings. The van der Waals surface area contributed by atoms with Crippen molar-refractivity contribution in [2.24, 2.45) is 0 Å². The molecule has 0 spiro atoms. The Balaban J connectivity index is 1.82.